The number of sulfonamides is 1. The molecule has 0 unspecified atom stereocenters. The highest BCUT2D eigenvalue weighted by Crippen LogP contribution is 2.12. The zero-order chi connectivity index (χ0) is 13.8. The molecular formula is C12H19NO4S. The average Bonchev–Trinajstić information content (AvgIpc) is 2.37. The fraction of sp³-hybridized carbons (Fsp3) is 0.500. The van der Waals surface area contributed by atoms with Crippen molar-refractivity contribution < 1.29 is 18.3 Å². The van der Waals surface area contributed by atoms with Crippen LogP contribution in [0.5, 0.6) is 0 Å². The van der Waals surface area contributed by atoms with E-state index in [4.69, 9.17) is 9.84 Å². The highest BCUT2D eigenvalue weighted by molar-refractivity contribution is 7.89. The average molecular weight is 273 g/mol. The molecule has 0 fully saturated rings. The molecule has 0 spiro atoms. The minimum Gasteiger partial charge on any atom is -0.392 e. The van der Waals surface area contributed by atoms with Gasteiger partial charge in [-0.1, -0.05) is 12.1 Å². The Balaban J connectivity index is 2.80. The summed E-state index contributed by atoms with van der Waals surface area (Å²) in [4.78, 5) is 0.173. The fourth-order valence-electron chi connectivity index (χ4n) is 1.20. The van der Waals surface area contributed by atoms with Gasteiger partial charge in [0.15, 0.2) is 0 Å². The Bertz CT molecular complexity index is 479. The number of methoxy groups -OCH3 is 1. The topological polar surface area (TPSA) is 75.6 Å². The highest BCUT2D eigenvalue weighted by Gasteiger charge is 2.21. The van der Waals surface area contributed by atoms with Crippen molar-refractivity contribution in [1.82, 2.24) is 4.72 Å². The lowest BCUT2D eigenvalue weighted by Crippen LogP contribution is -2.39. The van der Waals surface area contributed by atoms with Crippen LogP contribution in [0.25, 0.3) is 0 Å². The minimum atomic E-state index is -3.54. The predicted octanol–water partition coefficient (Wildman–Crippen LogP) is 0.882. The van der Waals surface area contributed by atoms with Crippen LogP contribution in [-0.4, -0.2) is 32.8 Å². The third-order valence-corrected chi connectivity index (χ3v) is 4.07. The van der Waals surface area contributed by atoms with Gasteiger partial charge in [0.05, 0.1) is 17.1 Å². The van der Waals surface area contributed by atoms with E-state index in [2.05, 4.69) is 4.72 Å². The lowest BCUT2D eigenvalue weighted by Gasteiger charge is -2.23. The molecule has 0 heterocycles. The molecule has 0 atom stereocenters. The van der Waals surface area contributed by atoms with E-state index in [0.29, 0.717) is 5.56 Å². The van der Waals surface area contributed by atoms with Crippen molar-refractivity contribution in [3.8, 4) is 0 Å². The molecule has 0 saturated carbocycles. The molecule has 5 nitrogen and oxygen atoms in total. The van der Waals surface area contributed by atoms with Crippen molar-refractivity contribution in [3.63, 3.8) is 0 Å². The van der Waals surface area contributed by atoms with Crippen molar-refractivity contribution in [2.24, 2.45) is 0 Å². The Labute approximate surface area is 108 Å². The second kappa shape index (κ2) is 5.79. The number of aliphatic hydroxyl groups excluding tert-OH is 1. The Morgan fingerprint density at radius 3 is 2.28 bits per heavy atom. The lowest BCUT2D eigenvalue weighted by molar-refractivity contribution is 0.0276. The molecule has 0 saturated heterocycles. The monoisotopic (exact) mass is 273 g/mol. The third kappa shape index (κ3) is 4.06. The number of nitrogens with one attached hydrogen (secondary N) is 1. The first-order valence-electron chi connectivity index (χ1n) is 5.55. The molecule has 2 N–H and O–H groups in total. The molecule has 1 aromatic carbocycles. The van der Waals surface area contributed by atoms with Gasteiger partial charge in [0.25, 0.3) is 0 Å². The number of hydrogen-bond donors (Lipinski definition) is 2. The maximum atomic E-state index is 12.0. The Hall–Kier alpha value is -0.950. The molecule has 0 aliphatic rings. The van der Waals surface area contributed by atoms with Crippen molar-refractivity contribution in [1.29, 1.82) is 0 Å². The summed E-state index contributed by atoms with van der Waals surface area (Å²) < 4.78 is 31.6. The molecule has 0 aliphatic carbocycles. The van der Waals surface area contributed by atoms with E-state index in [9.17, 15) is 8.42 Å². The van der Waals surface area contributed by atoms with Crippen LogP contribution < -0.4 is 4.72 Å². The largest absolute Gasteiger partial charge is 0.392 e. The molecule has 1 rings (SSSR count). The predicted molar refractivity (Wildman–Crippen MR) is 68.6 cm³/mol. The van der Waals surface area contributed by atoms with Gasteiger partial charge in [-0.15, -0.1) is 0 Å². The summed E-state index contributed by atoms with van der Waals surface area (Å²) >= 11 is 0. The van der Waals surface area contributed by atoms with Gasteiger partial charge < -0.3 is 9.84 Å². The first-order chi connectivity index (χ1) is 8.30. The maximum Gasteiger partial charge on any atom is 0.240 e. The summed E-state index contributed by atoms with van der Waals surface area (Å²) in [6.45, 7) is 3.67. The Morgan fingerprint density at radius 1 is 1.28 bits per heavy atom. The van der Waals surface area contributed by atoms with Gasteiger partial charge in [-0.2, -0.15) is 0 Å². The van der Waals surface area contributed by atoms with E-state index in [0.717, 1.165) is 0 Å². The lowest BCUT2D eigenvalue weighted by atomic mass is 10.1. The van der Waals surface area contributed by atoms with Gasteiger partial charge in [0.2, 0.25) is 10.0 Å². The molecule has 0 bridgehead atoms. The van der Waals surface area contributed by atoms with Crippen LogP contribution in [0.4, 0.5) is 0 Å². The van der Waals surface area contributed by atoms with E-state index < -0.39 is 15.6 Å². The van der Waals surface area contributed by atoms with Gasteiger partial charge >= 0.3 is 0 Å². The van der Waals surface area contributed by atoms with Crippen molar-refractivity contribution in [2.75, 3.05) is 13.7 Å². The van der Waals surface area contributed by atoms with Crippen LogP contribution in [0, 0.1) is 0 Å². The minimum absolute atomic E-state index is 0.107. The first-order valence-corrected chi connectivity index (χ1v) is 7.04. The number of aliphatic hydroxyl groups is 1. The molecule has 0 radical (unpaired) electrons. The summed E-state index contributed by atoms with van der Waals surface area (Å²) in [7, 11) is -2.01. The summed E-state index contributed by atoms with van der Waals surface area (Å²) in [6, 6.07) is 6.09. The zero-order valence-electron chi connectivity index (χ0n) is 10.8. The quantitative estimate of drug-likeness (QED) is 0.807. The first kappa shape index (κ1) is 15.1. The van der Waals surface area contributed by atoms with Crippen LogP contribution in [0.1, 0.15) is 19.4 Å². The number of ether oxygens (including phenoxy) is 1. The second-order valence-corrected chi connectivity index (χ2v) is 6.36. The SMILES string of the molecule is COC(C)(C)CNS(=O)(=O)c1ccc(CO)cc1. The smallest absolute Gasteiger partial charge is 0.240 e. The molecule has 18 heavy (non-hydrogen) atoms. The maximum absolute atomic E-state index is 12.0. The van der Waals surface area contributed by atoms with E-state index in [1.807, 2.05) is 0 Å². The molecule has 102 valence electrons. The Morgan fingerprint density at radius 2 is 1.83 bits per heavy atom. The van der Waals surface area contributed by atoms with Crippen LogP contribution >= 0.6 is 0 Å². The summed E-state index contributed by atoms with van der Waals surface area (Å²) in [6.07, 6.45) is 0. The molecule has 6 heteroatoms. The van der Waals surface area contributed by atoms with Gasteiger partial charge in [-0.3, -0.25) is 0 Å². The number of hydrogen-bond acceptors (Lipinski definition) is 4. The van der Waals surface area contributed by atoms with Gasteiger partial charge in [-0.25, -0.2) is 13.1 Å². The molecule has 0 aliphatic heterocycles. The van der Waals surface area contributed by atoms with E-state index >= 15 is 0 Å². The molecular weight excluding hydrogens is 254 g/mol. The van der Waals surface area contributed by atoms with E-state index in [-0.39, 0.29) is 18.0 Å². The third-order valence-electron chi connectivity index (χ3n) is 2.66. The summed E-state index contributed by atoms with van der Waals surface area (Å²) in [5.41, 5.74) is 0.115. The van der Waals surface area contributed by atoms with Crippen LogP contribution in [-0.2, 0) is 21.4 Å². The van der Waals surface area contributed by atoms with Crippen LogP contribution in [0.2, 0.25) is 0 Å². The van der Waals surface area contributed by atoms with Gasteiger partial charge in [0.1, 0.15) is 0 Å². The molecule has 0 aromatic heterocycles. The number of rotatable bonds is 6. The zero-order valence-corrected chi connectivity index (χ0v) is 11.6. The highest BCUT2D eigenvalue weighted by atomic mass is 32.2. The van der Waals surface area contributed by atoms with Gasteiger partial charge in [0, 0.05) is 13.7 Å². The van der Waals surface area contributed by atoms with Crippen molar-refractivity contribution in [3.05, 3.63) is 29.8 Å². The van der Waals surface area contributed by atoms with Crippen LogP contribution in [0.3, 0.4) is 0 Å². The Kier molecular flexibility index (Phi) is 4.86. The van der Waals surface area contributed by atoms with Crippen LogP contribution in [0.15, 0.2) is 29.2 Å². The van der Waals surface area contributed by atoms with Crippen molar-refractivity contribution in [2.45, 2.75) is 31.0 Å². The molecule has 0 amide bonds. The van der Waals surface area contributed by atoms with E-state index in [1.54, 1.807) is 26.0 Å². The normalized spacial score (nSPS) is 12.7. The number of benzene rings is 1. The summed E-state index contributed by atoms with van der Waals surface area (Å²) in [5.74, 6) is 0. The fourth-order valence-corrected chi connectivity index (χ4v) is 2.40. The molecule has 1 aromatic rings. The summed E-state index contributed by atoms with van der Waals surface area (Å²) in [5, 5.41) is 8.89. The van der Waals surface area contributed by atoms with E-state index in [1.165, 1.54) is 19.2 Å². The second-order valence-electron chi connectivity index (χ2n) is 4.59. The standard InChI is InChI=1S/C12H19NO4S/c1-12(2,17-3)9-13-18(15,16)11-6-4-10(8-14)5-7-11/h4-7,13-14H,8-9H2,1-3H3. The van der Waals surface area contributed by atoms with Crippen molar-refractivity contribution >= 4 is 10.0 Å². The van der Waals surface area contributed by atoms with Gasteiger partial charge in [-0.05, 0) is 31.5 Å².